The Bertz CT molecular complexity index is 480. The normalized spacial score (nSPS) is 12.9. The number of rotatable bonds is 2. The van der Waals surface area contributed by atoms with Crippen LogP contribution >= 0.6 is 0 Å². The van der Waals surface area contributed by atoms with Crippen molar-refractivity contribution in [3.05, 3.63) is 58.4 Å². The van der Waals surface area contributed by atoms with E-state index in [-0.39, 0.29) is 5.43 Å². The summed E-state index contributed by atoms with van der Waals surface area (Å²) < 4.78 is 0. The first-order valence-corrected chi connectivity index (χ1v) is 3.93. The van der Waals surface area contributed by atoms with Crippen LogP contribution in [0.2, 0.25) is 0 Å². The average Bonchev–Trinajstić information content (AvgIpc) is 2.11. The summed E-state index contributed by atoms with van der Waals surface area (Å²) in [5, 5.41) is 1.36. The number of H-pyrrole nitrogens is 1. The summed E-state index contributed by atoms with van der Waals surface area (Å²) in [5.74, 6) is 0. The van der Waals surface area contributed by atoms with E-state index < -0.39 is 0 Å². The molecule has 0 radical (unpaired) electrons. The van der Waals surface area contributed by atoms with E-state index in [1.54, 1.807) is 30.5 Å². The van der Waals surface area contributed by atoms with Gasteiger partial charge in [-0.25, -0.2) is 0 Å². The molecule has 1 N–H and O–H groups in total. The van der Waals surface area contributed by atoms with Crippen LogP contribution in [0, 0.1) is 0 Å². The van der Waals surface area contributed by atoms with Gasteiger partial charge in [0.05, 0.1) is 0 Å². The molecule has 1 aromatic heterocycles. The molecule has 0 bridgehead atoms. The molecule has 0 aromatic carbocycles. The van der Waals surface area contributed by atoms with Gasteiger partial charge < -0.3 is 4.98 Å². The molecular formula is C11H11NO. The summed E-state index contributed by atoms with van der Waals surface area (Å²) >= 11 is 0. The van der Waals surface area contributed by atoms with Crippen molar-refractivity contribution in [2.75, 3.05) is 0 Å². The Morgan fingerprint density at radius 2 is 1.92 bits per heavy atom. The lowest BCUT2D eigenvalue weighted by Crippen LogP contribution is -2.39. The zero-order valence-corrected chi connectivity index (χ0v) is 7.29. The molecule has 0 amide bonds. The maximum absolute atomic E-state index is 11.4. The lowest BCUT2D eigenvalue weighted by atomic mass is 10.3. The number of pyridine rings is 1. The van der Waals surface area contributed by atoms with Crippen LogP contribution in [-0.4, -0.2) is 4.98 Å². The Labute approximate surface area is 76.2 Å². The maximum atomic E-state index is 11.4. The maximum Gasteiger partial charge on any atom is 0.189 e. The Morgan fingerprint density at radius 1 is 1.23 bits per heavy atom. The first-order valence-electron chi connectivity index (χ1n) is 3.93. The van der Waals surface area contributed by atoms with Gasteiger partial charge in [0.2, 0.25) is 0 Å². The molecule has 0 saturated carbocycles. The van der Waals surface area contributed by atoms with Gasteiger partial charge in [0, 0.05) is 22.8 Å². The van der Waals surface area contributed by atoms with Gasteiger partial charge in [0.1, 0.15) is 0 Å². The lowest BCUT2D eigenvalue weighted by molar-refractivity contribution is 1.20. The second kappa shape index (κ2) is 4.26. The van der Waals surface area contributed by atoms with Crippen molar-refractivity contribution in [3.8, 4) is 0 Å². The predicted molar refractivity (Wildman–Crippen MR) is 55.6 cm³/mol. The SMILES string of the molecule is C=C/C=c1/[nH]ccc(=O)/c1=C/C=C. The number of aromatic nitrogens is 1. The van der Waals surface area contributed by atoms with Gasteiger partial charge in [-0.15, -0.1) is 0 Å². The van der Waals surface area contributed by atoms with E-state index in [9.17, 15) is 4.79 Å². The molecule has 0 fully saturated rings. The number of aromatic amines is 1. The van der Waals surface area contributed by atoms with Crippen molar-refractivity contribution in [1.82, 2.24) is 4.98 Å². The summed E-state index contributed by atoms with van der Waals surface area (Å²) in [6, 6.07) is 1.48. The fourth-order valence-electron chi connectivity index (χ4n) is 1.05. The van der Waals surface area contributed by atoms with Crippen molar-refractivity contribution in [2.45, 2.75) is 0 Å². The summed E-state index contributed by atoms with van der Waals surface area (Å²) in [7, 11) is 0. The van der Waals surface area contributed by atoms with Crippen LogP contribution in [0.15, 0.2) is 42.4 Å². The second-order valence-corrected chi connectivity index (χ2v) is 2.47. The number of hydrogen-bond donors (Lipinski definition) is 1. The van der Waals surface area contributed by atoms with E-state index in [1.165, 1.54) is 6.07 Å². The molecule has 1 aromatic rings. The first-order chi connectivity index (χ1) is 6.29. The smallest absolute Gasteiger partial charge is 0.189 e. The van der Waals surface area contributed by atoms with Gasteiger partial charge in [0.25, 0.3) is 0 Å². The van der Waals surface area contributed by atoms with Crippen LogP contribution < -0.4 is 16.0 Å². The molecule has 1 heterocycles. The van der Waals surface area contributed by atoms with Crippen LogP contribution in [0.25, 0.3) is 12.2 Å². The van der Waals surface area contributed by atoms with E-state index in [0.29, 0.717) is 5.22 Å². The summed E-state index contributed by atoms with van der Waals surface area (Å²) in [6.07, 6.45) is 8.25. The van der Waals surface area contributed by atoms with Gasteiger partial charge >= 0.3 is 0 Å². The minimum atomic E-state index is -0.0215. The third kappa shape index (κ3) is 2.06. The predicted octanol–water partition coefficient (Wildman–Crippen LogP) is 0.308. The average molecular weight is 173 g/mol. The molecule has 0 aliphatic carbocycles. The zero-order valence-electron chi connectivity index (χ0n) is 7.29. The van der Waals surface area contributed by atoms with Crippen molar-refractivity contribution in [2.24, 2.45) is 0 Å². The quantitative estimate of drug-likeness (QED) is 0.686. The lowest BCUT2D eigenvalue weighted by Gasteiger charge is -1.87. The largest absolute Gasteiger partial charge is 0.361 e. The third-order valence-corrected chi connectivity index (χ3v) is 1.60. The molecule has 2 nitrogen and oxygen atoms in total. The number of nitrogens with one attached hydrogen (secondary N) is 1. The highest BCUT2D eigenvalue weighted by Crippen LogP contribution is 1.65. The minimum absolute atomic E-state index is 0.0215. The molecule has 0 saturated heterocycles. The van der Waals surface area contributed by atoms with Gasteiger partial charge in [-0.3, -0.25) is 4.79 Å². The molecular weight excluding hydrogens is 162 g/mol. The molecule has 0 unspecified atom stereocenters. The molecule has 0 aliphatic heterocycles. The van der Waals surface area contributed by atoms with E-state index in [2.05, 4.69) is 18.1 Å². The van der Waals surface area contributed by atoms with Crippen LogP contribution in [0.4, 0.5) is 0 Å². The van der Waals surface area contributed by atoms with Crippen LogP contribution in [0.3, 0.4) is 0 Å². The molecule has 13 heavy (non-hydrogen) atoms. The van der Waals surface area contributed by atoms with Gasteiger partial charge in [-0.1, -0.05) is 25.3 Å². The molecule has 0 atom stereocenters. The van der Waals surface area contributed by atoms with Crippen LogP contribution in [0.1, 0.15) is 0 Å². The molecule has 66 valence electrons. The van der Waals surface area contributed by atoms with Crippen molar-refractivity contribution >= 4 is 12.2 Å². The van der Waals surface area contributed by atoms with Gasteiger partial charge in [-0.2, -0.15) is 0 Å². The van der Waals surface area contributed by atoms with Gasteiger partial charge in [0.15, 0.2) is 5.43 Å². The van der Waals surface area contributed by atoms with E-state index >= 15 is 0 Å². The topological polar surface area (TPSA) is 32.9 Å². The Morgan fingerprint density at radius 3 is 2.54 bits per heavy atom. The highest BCUT2D eigenvalue weighted by molar-refractivity contribution is 5.39. The molecule has 0 aliphatic rings. The first kappa shape index (κ1) is 9.26. The summed E-state index contributed by atoms with van der Waals surface area (Å²) in [4.78, 5) is 14.3. The van der Waals surface area contributed by atoms with Crippen molar-refractivity contribution < 1.29 is 0 Å². The Balaban J connectivity index is 3.73. The fraction of sp³-hybridized carbons (Fsp3) is 0. The standard InChI is InChI=1S/C11H11NO/c1-3-5-9-10(6-4-2)12-8-7-11(9)13/h3-8,12H,1-2H2/b9-5+,10-6+. The highest BCUT2D eigenvalue weighted by Gasteiger charge is 1.87. The third-order valence-electron chi connectivity index (χ3n) is 1.60. The highest BCUT2D eigenvalue weighted by atomic mass is 16.1. The zero-order chi connectivity index (χ0) is 9.68. The summed E-state index contributed by atoms with van der Waals surface area (Å²) in [6.45, 7) is 7.12. The van der Waals surface area contributed by atoms with Gasteiger partial charge in [-0.05, 0) is 12.2 Å². The van der Waals surface area contributed by atoms with E-state index in [0.717, 1.165) is 5.35 Å². The van der Waals surface area contributed by atoms with E-state index in [4.69, 9.17) is 0 Å². The monoisotopic (exact) mass is 173 g/mol. The van der Waals surface area contributed by atoms with Crippen LogP contribution in [-0.2, 0) is 0 Å². The van der Waals surface area contributed by atoms with Crippen LogP contribution in [0.5, 0.6) is 0 Å². The summed E-state index contributed by atoms with van der Waals surface area (Å²) in [5.41, 5.74) is -0.0215. The fourth-order valence-corrected chi connectivity index (χ4v) is 1.05. The van der Waals surface area contributed by atoms with Crippen molar-refractivity contribution in [1.29, 1.82) is 0 Å². The van der Waals surface area contributed by atoms with E-state index in [1.807, 2.05) is 0 Å². The Kier molecular flexibility index (Phi) is 3.03. The number of hydrogen-bond acceptors (Lipinski definition) is 1. The second-order valence-electron chi connectivity index (χ2n) is 2.47. The minimum Gasteiger partial charge on any atom is -0.361 e. The molecule has 2 heteroatoms. The van der Waals surface area contributed by atoms with Crippen molar-refractivity contribution in [3.63, 3.8) is 0 Å². The number of allylic oxidation sites excluding steroid dienone is 2. The molecule has 0 spiro atoms. The molecule has 1 rings (SSSR count). The Hall–Kier alpha value is -1.83.